The van der Waals surface area contributed by atoms with Crippen molar-refractivity contribution in [2.45, 2.75) is 52.6 Å². The minimum atomic E-state index is -3.74. The molecule has 186 valence electrons. The molecule has 0 fully saturated rings. The van der Waals surface area contributed by atoms with Crippen LogP contribution in [0.1, 0.15) is 51.2 Å². The molecule has 2 rings (SSSR count). The van der Waals surface area contributed by atoms with Gasteiger partial charge in [-0.15, -0.1) is 0 Å². The van der Waals surface area contributed by atoms with E-state index in [0.29, 0.717) is 18.2 Å². The minimum Gasteiger partial charge on any atom is -0.354 e. The zero-order valence-corrected chi connectivity index (χ0v) is 22.8. The van der Waals surface area contributed by atoms with Crippen molar-refractivity contribution in [3.8, 4) is 0 Å². The van der Waals surface area contributed by atoms with Crippen LogP contribution in [0.25, 0.3) is 0 Å². The van der Waals surface area contributed by atoms with Crippen molar-refractivity contribution < 1.29 is 18.0 Å². The van der Waals surface area contributed by atoms with Crippen molar-refractivity contribution in [1.82, 2.24) is 10.2 Å². The summed E-state index contributed by atoms with van der Waals surface area (Å²) < 4.78 is 27.2. The van der Waals surface area contributed by atoms with Crippen LogP contribution >= 0.6 is 15.9 Å². The molecule has 0 aliphatic rings. The SMILES string of the molecule is CCCNC(=O)[C@@H](C)N(Cc1ccc(Br)cc1)C(=O)CN(c1ccc(C(C)C)cc1)S(C)(=O)=O. The van der Waals surface area contributed by atoms with Crippen LogP contribution in [0.5, 0.6) is 0 Å². The second-order valence-corrected chi connectivity index (χ2v) is 11.5. The highest BCUT2D eigenvalue weighted by Crippen LogP contribution is 2.23. The number of anilines is 1. The largest absolute Gasteiger partial charge is 0.354 e. The number of nitrogens with one attached hydrogen (secondary N) is 1. The molecule has 7 nitrogen and oxygen atoms in total. The normalized spacial score (nSPS) is 12.3. The summed E-state index contributed by atoms with van der Waals surface area (Å²) in [6.45, 7) is 7.99. The van der Waals surface area contributed by atoms with Crippen molar-refractivity contribution in [2.24, 2.45) is 0 Å². The summed E-state index contributed by atoms with van der Waals surface area (Å²) in [5, 5.41) is 2.82. The molecule has 0 aromatic heterocycles. The summed E-state index contributed by atoms with van der Waals surface area (Å²) in [6.07, 6.45) is 1.85. The average Bonchev–Trinajstić information content (AvgIpc) is 2.79. The van der Waals surface area contributed by atoms with Crippen LogP contribution in [0.15, 0.2) is 53.0 Å². The minimum absolute atomic E-state index is 0.177. The van der Waals surface area contributed by atoms with Crippen LogP contribution in [0.4, 0.5) is 5.69 Å². The predicted octanol–water partition coefficient (Wildman–Crippen LogP) is 4.28. The Morgan fingerprint density at radius 1 is 1.00 bits per heavy atom. The molecule has 0 heterocycles. The molecule has 0 radical (unpaired) electrons. The van der Waals surface area contributed by atoms with Gasteiger partial charge >= 0.3 is 0 Å². The molecule has 2 amide bonds. The molecule has 0 unspecified atom stereocenters. The van der Waals surface area contributed by atoms with Gasteiger partial charge in [-0.1, -0.05) is 61.0 Å². The van der Waals surface area contributed by atoms with E-state index in [0.717, 1.165) is 32.6 Å². The van der Waals surface area contributed by atoms with Crippen LogP contribution in [0.2, 0.25) is 0 Å². The summed E-state index contributed by atoms with van der Waals surface area (Å²) in [7, 11) is -3.74. The zero-order valence-electron chi connectivity index (χ0n) is 20.4. The highest BCUT2D eigenvalue weighted by atomic mass is 79.9. The molecule has 0 spiro atoms. The van der Waals surface area contributed by atoms with Gasteiger partial charge in [0.1, 0.15) is 12.6 Å². The van der Waals surface area contributed by atoms with E-state index in [9.17, 15) is 18.0 Å². The molecule has 1 atom stereocenters. The molecule has 0 bridgehead atoms. The highest BCUT2D eigenvalue weighted by Gasteiger charge is 2.30. The molecule has 0 aliphatic carbocycles. The maximum atomic E-state index is 13.5. The van der Waals surface area contributed by atoms with Crippen LogP contribution in [-0.4, -0.2) is 50.5 Å². The maximum Gasteiger partial charge on any atom is 0.244 e. The number of amides is 2. The Hall–Kier alpha value is -2.39. The fraction of sp³-hybridized carbons (Fsp3) is 0.440. The Morgan fingerprint density at radius 3 is 2.09 bits per heavy atom. The molecule has 1 N–H and O–H groups in total. The number of carbonyl (C=O) groups excluding carboxylic acids is 2. The lowest BCUT2D eigenvalue weighted by Gasteiger charge is -2.31. The van der Waals surface area contributed by atoms with Crippen molar-refractivity contribution in [1.29, 1.82) is 0 Å². The van der Waals surface area contributed by atoms with Gasteiger partial charge in [-0.3, -0.25) is 13.9 Å². The number of halogens is 1. The fourth-order valence-electron chi connectivity index (χ4n) is 3.40. The first-order valence-electron chi connectivity index (χ1n) is 11.3. The Bertz CT molecular complexity index is 1070. The summed E-state index contributed by atoms with van der Waals surface area (Å²) in [6, 6.07) is 13.8. The molecule has 0 saturated carbocycles. The standard InChI is InChI=1S/C25H34BrN3O4S/c1-6-15-27-25(31)19(4)28(16-20-7-11-22(26)12-8-20)24(30)17-29(34(5,32)33)23-13-9-21(10-14-23)18(2)3/h7-14,18-19H,6,15-17H2,1-5H3,(H,27,31)/t19-/m1/s1. The van der Waals surface area contributed by atoms with E-state index in [-0.39, 0.29) is 12.5 Å². The van der Waals surface area contributed by atoms with Gasteiger partial charge in [-0.2, -0.15) is 0 Å². The molecular weight excluding hydrogens is 518 g/mol. The maximum absolute atomic E-state index is 13.5. The summed E-state index contributed by atoms with van der Waals surface area (Å²) in [4.78, 5) is 27.6. The highest BCUT2D eigenvalue weighted by molar-refractivity contribution is 9.10. The molecule has 2 aromatic carbocycles. The van der Waals surface area contributed by atoms with Gasteiger partial charge in [-0.05, 0) is 54.7 Å². The molecule has 0 aliphatic heterocycles. The second kappa shape index (κ2) is 12.4. The lowest BCUT2D eigenvalue weighted by atomic mass is 10.0. The van der Waals surface area contributed by atoms with Crippen molar-refractivity contribution in [3.63, 3.8) is 0 Å². The van der Waals surface area contributed by atoms with Gasteiger partial charge in [0.15, 0.2) is 0 Å². The predicted molar refractivity (Wildman–Crippen MR) is 140 cm³/mol. The third-order valence-corrected chi connectivity index (χ3v) is 7.18. The fourth-order valence-corrected chi connectivity index (χ4v) is 4.52. The molecular formula is C25H34BrN3O4S. The number of carbonyl (C=O) groups is 2. The van der Waals surface area contributed by atoms with Gasteiger partial charge in [0.05, 0.1) is 11.9 Å². The first kappa shape index (κ1) is 27.9. The van der Waals surface area contributed by atoms with Gasteiger partial charge < -0.3 is 10.2 Å². The van der Waals surface area contributed by atoms with E-state index in [1.807, 2.05) is 43.3 Å². The molecule has 0 saturated heterocycles. The van der Waals surface area contributed by atoms with E-state index >= 15 is 0 Å². The number of benzene rings is 2. The first-order valence-corrected chi connectivity index (χ1v) is 14.0. The van der Waals surface area contributed by atoms with Gasteiger partial charge in [0.2, 0.25) is 21.8 Å². The average molecular weight is 553 g/mol. The van der Waals surface area contributed by atoms with Crippen molar-refractivity contribution >= 4 is 43.5 Å². The summed E-state index contributed by atoms with van der Waals surface area (Å²) in [5.74, 6) is -0.439. The molecule has 34 heavy (non-hydrogen) atoms. The van der Waals surface area contributed by atoms with Crippen LogP contribution in [0, 0.1) is 0 Å². The second-order valence-electron chi connectivity index (χ2n) is 8.63. The number of nitrogens with zero attached hydrogens (tertiary/aromatic N) is 2. The Morgan fingerprint density at radius 2 is 1.59 bits per heavy atom. The van der Waals surface area contributed by atoms with Crippen molar-refractivity contribution in [2.75, 3.05) is 23.7 Å². The number of hydrogen-bond donors (Lipinski definition) is 1. The van der Waals surface area contributed by atoms with E-state index < -0.39 is 28.5 Å². The third-order valence-electron chi connectivity index (χ3n) is 5.51. The van der Waals surface area contributed by atoms with Crippen molar-refractivity contribution in [3.05, 3.63) is 64.1 Å². The lowest BCUT2D eigenvalue weighted by Crippen LogP contribution is -2.51. The van der Waals surface area contributed by atoms with Crippen LogP contribution in [0.3, 0.4) is 0 Å². The molecule has 9 heteroatoms. The Kier molecular flexibility index (Phi) is 10.1. The summed E-state index contributed by atoms with van der Waals surface area (Å²) in [5.41, 5.74) is 2.31. The quantitative estimate of drug-likeness (QED) is 0.451. The van der Waals surface area contributed by atoms with E-state index in [4.69, 9.17) is 0 Å². The zero-order chi connectivity index (χ0) is 25.5. The number of rotatable bonds is 11. The van der Waals surface area contributed by atoms with Gasteiger partial charge in [-0.25, -0.2) is 8.42 Å². The first-order chi connectivity index (χ1) is 15.9. The third kappa shape index (κ3) is 7.84. The molecule has 2 aromatic rings. The summed E-state index contributed by atoms with van der Waals surface area (Å²) >= 11 is 3.40. The lowest BCUT2D eigenvalue weighted by molar-refractivity contribution is -0.139. The number of sulfonamides is 1. The number of hydrogen-bond acceptors (Lipinski definition) is 4. The Balaban J connectivity index is 2.35. The van der Waals surface area contributed by atoms with E-state index in [1.54, 1.807) is 19.1 Å². The Labute approximate surface area is 211 Å². The van der Waals surface area contributed by atoms with E-state index in [2.05, 4.69) is 35.1 Å². The van der Waals surface area contributed by atoms with Crippen LogP contribution < -0.4 is 9.62 Å². The smallest absolute Gasteiger partial charge is 0.244 e. The monoisotopic (exact) mass is 551 g/mol. The van der Waals surface area contributed by atoms with Crippen LogP contribution in [-0.2, 0) is 26.2 Å². The van der Waals surface area contributed by atoms with E-state index in [1.165, 1.54) is 4.90 Å². The van der Waals surface area contributed by atoms with Gasteiger partial charge in [0.25, 0.3) is 0 Å². The van der Waals surface area contributed by atoms with Gasteiger partial charge in [0, 0.05) is 17.6 Å². The topological polar surface area (TPSA) is 86.8 Å².